The highest BCUT2D eigenvalue weighted by molar-refractivity contribution is 5.74. The van der Waals surface area contributed by atoms with Gasteiger partial charge >= 0.3 is 0 Å². The lowest BCUT2D eigenvalue weighted by atomic mass is 10.1. The summed E-state index contributed by atoms with van der Waals surface area (Å²) in [4.78, 5) is 12.0. The number of benzene rings is 1. The van der Waals surface area contributed by atoms with E-state index in [-0.39, 0.29) is 0 Å². The van der Waals surface area contributed by atoms with Crippen molar-refractivity contribution in [2.75, 3.05) is 20.3 Å². The molecule has 6 nitrogen and oxygen atoms in total. The van der Waals surface area contributed by atoms with Gasteiger partial charge in [0.1, 0.15) is 17.7 Å². The van der Waals surface area contributed by atoms with Crippen LogP contribution in [-0.4, -0.2) is 40.4 Å². The number of imidazole rings is 1. The fourth-order valence-corrected chi connectivity index (χ4v) is 2.72. The van der Waals surface area contributed by atoms with Gasteiger partial charge < -0.3 is 19.6 Å². The minimum Gasteiger partial charge on any atom is -0.493 e. The van der Waals surface area contributed by atoms with Crippen LogP contribution in [-0.2, 0) is 11.2 Å². The summed E-state index contributed by atoms with van der Waals surface area (Å²) in [7, 11) is 1.68. The smallest absolute Gasteiger partial charge is 0.136 e. The Bertz CT molecular complexity index is 799. The van der Waals surface area contributed by atoms with Crippen molar-refractivity contribution in [2.45, 2.75) is 25.9 Å². The molecule has 0 aliphatic carbocycles. The third-order valence-corrected chi connectivity index (χ3v) is 4.12. The van der Waals surface area contributed by atoms with Gasteiger partial charge in [0, 0.05) is 44.0 Å². The van der Waals surface area contributed by atoms with Gasteiger partial charge in [0.2, 0.25) is 0 Å². The lowest BCUT2D eigenvalue weighted by Crippen LogP contribution is -2.08. The summed E-state index contributed by atoms with van der Waals surface area (Å²) in [5.41, 5.74) is 3.50. The summed E-state index contributed by atoms with van der Waals surface area (Å²) in [5.74, 6) is 1.34. The number of aliphatic hydroxyl groups is 1. The molecule has 2 aromatic heterocycles. The van der Waals surface area contributed by atoms with Crippen LogP contribution in [0.25, 0.3) is 11.0 Å². The Labute approximate surface area is 146 Å². The Morgan fingerprint density at radius 2 is 2.04 bits per heavy atom. The molecule has 0 saturated heterocycles. The van der Waals surface area contributed by atoms with Crippen molar-refractivity contribution in [3.8, 4) is 5.75 Å². The lowest BCUT2D eigenvalue weighted by Gasteiger charge is -2.13. The molecule has 0 aliphatic heterocycles. The number of aromatic amines is 1. The van der Waals surface area contributed by atoms with E-state index in [1.807, 2.05) is 37.3 Å². The Hall–Kier alpha value is -2.44. The van der Waals surface area contributed by atoms with Crippen LogP contribution in [0.4, 0.5) is 0 Å². The van der Waals surface area contributed by atoms with Gasteiger partial charge in [-0.15, -0.1) is 0 Å². The van der Waals surface area contributed by atoms with Crippen molar-refractivity contribution in [1.82, 2.24) is 15.0 Å². The number of rotatable bonds is 8. The molecule has 0 radical (unpaired) electrons. The van der Waals surface area contributed by atoms with Crippen molar-refractivity contribution in [2.24, 2.45) is 0 Å². The molecule has 0 saturated carbocycles. The van der Waals surface area contributed by atoms with E-state index < -0.39 is 6.10 Å². The van der Waals surface area contributed by atoms with Crippen LogP contribution in [0.5, 0.6) is 5.75 Å². The zero-order valence-electron chi connectivity index (χ0n) is 14.5. The quantitative estimate of drug-likeness (QED) is 0.616. The van der Waals surface area contributed by atoms with Crippen LogP contribution < -0.4 is 4.74 Å². The van der Waals surface area contributed by atoms with Crippen molar-refractivity contribution < 1.29 is 14.6 Å². The Kier molecular flexibility index (Phi) is 5.63. The number of hydrogen-bond acceptors (Lipinski definition) is 5. The van der Waals surface area contributed by atoms with Gasteiger partial charge in [-0.05, 0) is 25.1 Å². The van der Waals surface area contributed by atoms with E-state index in [9.17, 15) is 5.11 Å². The second kappa shape index (κ2) is 8.09. The minimum absolute atomic E-state index is 0.376. The largest absolute Gasteiger partial charge is 0.493 e. The maximum atomic E-state index is 10.5. The highest BCUT2D eigenvalue weighted by Crippen LogP contribution is 2.24. The highest BCUT2D eigenvalue weighted by atomic mass is 16.5. The monoisotopic (exact) mass is 341 g/mol. The second-order valence-electron chi connectivity index (χ2n) is 5.93. The number of ether oxygens (including phenoxy) is 2. The fourth-order valence-electron chi connectivity index (χ4n) is 2.72. The summed E-state index contributed by atoms with van der Waals surface area (Å²) in [6.07, 6.45) is 2.16. The lowest BCUT2D eigenvalue weighted by molar-refractivity contribution is 0.167. The molecule has 0 fully saturated rings. The minimum atomic E-state index is -0.748. The number of methoxy groups -OCH3 is 1. The Morgan fingerprint density at radius 3 is 2.84 bits per heavy atom. The summed E-state index contributed by atoms with van der Waals surface area (Å²) in [5, 5.41) is 10.5. The number of hydrogen-bond donors (Lipinski definition) is 2. The first-order chi connectivity index (χ1) is 12.2. The summed E-state index contributed by atoms with van der Waals surface area (Å²) in [6.45, 7) is 3.21. The average Bonchev–Trinajstić information content (AvgIpc) is 3.06. The molecule has 25 heavy (non-hydrogen) atoms. The third kappa shape index (κ3) is 4.15. The van der Waals surface area contributed by atoms with E-state index in [0.717, 1.165) is 34.5 Å². The predicted octanol–water partition coefficient (Wildman–Crippen LogP) is 2.96. The molecule has 2 heterocycles. The van der Waals surface area contributed by atoms with Gasteiger partial charge in [0.15, 0.2) is 0 Å². The molecular weight excluding hydrogens is 318 g/mol. The topological polar surface area (TPSA) is 80.3 Å². The van der Waals surface area contributed by atoms with E-state index in [0.29, 0.717) is 25.5 Å². The number of nitrogens with zero attached hydrogens (tertiary/aromatic N) is 2. The Morgan fingerprint density at radius 1 is 1.20 bits per heavy atom. The Balaban J connectivity index is 1.71. The van der Waals surface area contributed by atoms with E-state index in [1.165, 1.54) is 0 Å². The van der Waals surface area contributed by atoms with Crippen molar-refractivity contribution >= 4 is 11.0 Å². The first-order valence-corrected chi connectivity index (χ1v) is 8.38. The van der Waals surface area contributed by atoms with Crippen LogP contribution in [0.2, 0.25) is 0 Å². The number of pyridine rings is 1. The molecule has 1 aromatic carbocycles. The van der Waals surface area contributed by atoms with Crippen LogP contribution in [0.3, 0.4) is 0 Å². The van der Waals surface area contributed by atoms with E-state index in [1.54, 1.807) is 13.3 Å². The summed E-state index contributed by atoms with van der Waals surface area (Å²) >= 11 is 0. The normalized spacial score (nSPS) is 12.4. The van der Waals surface area contributed by atoms with Crippen LogP contribution >= 0.6 is 0 Å². The number of aromatic nitrogens is 3. The van der Waals surface area contributed by atoms with Crippen LogP contribution in [0, 0.1) is 6.92 Å². The second-order valence-corrected chi connectivity index (χ2v) is 5.93. The van der Waals surface area contributed by atoms with E-state index >= 15 is 0 Å². The number of fused-ring (bicyclic) bond motifs is 1. The summed E-state index contributed by atoms with van der Waals surface area (Å²) in [6, 6.07) is 9.57. The van der Waals surface area contributed by atoms with E-state index in [4.69, 9.17) is 9.47 Å². The number of nitrogens with one attached hydrogen (secondary N) is 1. The molecule has 2 N–H and O–H groups in total. The highest BCUT2D eigenvalue weighted by Gasteiger charge is 2.16. The number of para-hydroxylation sites is 2. The van der Waals surface area contributed by atoms with Gasteiger partial charge in [-0.3, -0.25) is 4.98 Å². The molecule has 1 unspecified atom stereocenters. The van der Waals surface area contributed by atoms with Gasteiger partial charge in [-0.25, -0.2) is 4.98 Å². The molecule has 3 rings (SSSR count). The molecule has 0 aliphatic rings. The number of aliphatic hydroxyl groups excluding tert-OH is 1. The average molecular weight is 341 g/mol. The molecule has 1 atom stereocenters. The zero-order chi connectivity index (χ0) is 17.6. The summed E-state index contributed by atoms with van der Waals surface area (Å²) < 4.78 is 10.8. The maximum absolute atomic E-state index is 10.5. The molecule has 6 heteroatoms. The van der Waals surface area contributed by atoms with Gasteiger partial charge in [0.05, 0.1) is 17.6 Å². The maximum Gasteiger partial charge on any atom is 0.136 e. The van der Waals surface area contributed by atoms with Crippen LogP contribution in [0.15, 0.2) is 36.5 Å². The van der Waals surface area contributed by atoms with Crippen molar-refractivity contribution in [1.29, 1.82) is 0 Å². The molecule has 0 bridgehead atoms. The zero-order valence-corrected chi connectivity index (χ0v) is 14.5. The van der Waals surface area contributed by atoms with Crippen molar-refractivity contribution in [3.05, 3.63) is 53.6 Å². The fraction of sp³-hybridized carbons (Fsp3) is 0.368. The SMILES string of the molecule is COCCCOc1ccnc(CC(O)c2nc3ccccc3[nH]2)c1C. The van der Waals surface area contributed by atoms with E-state index in [2.05, 4.69) is 15.0 Å². The molecule has 132 valence electrons. The standard InChI is InChI=1S/C19H23N3O3/c1-13-16(20-9-8-18(13)25-11-5-10-24-2)12-17(23)19-21-14-6-3-4-7-15(14)22-19/h3-4,6-9,17,23H,5,10-12H2,1-2H3,(H,21,22). The van der Waals surface area contributed by atoms with Gasteiger partial charge in [0.25, 0.3) is 0 Å². The predicted molar refractivity (Wildman–Crippen MR) is 95.7 cm³/mol. The first kappa shape index (κ1) is 17.4. The molecule has 0 spiro atoms. The first-order valence-electron chi connectivity index (χ1n) is 8.38. The molecule has 3 aromatic rings. The van der Waals surface area contributed by atoms with Gasteiger partial charge in [-0.1, -0.05) is 12.1 Å². The third-order valence-electron chi connectivity index (χ3n) is 4.12. The molecular formula is C19H23N3O3. The molecule has 0 amide bonds. The van der Waals surface area contributed by atoms with Gasteiger partial charge in [-0.2, -0.15) is 0 Å². The van der Waals surface area contributed by atoms with Crippen molar-refractivity contribution in [3.63, 3.8) is 0 Å². The number of H-pyrrole nitrogens is 1. The van der Waals surface area contributed by atoms with Crippen LogP contribution in [0.1, 0.15) is 29.6 Å².